The molecule has 1 N–H and O–H groups in total. The third-order valence-corrected chi connectivity index (χ3v) is 3.41. The fraction of sp³-hybridized carbons (Fsp3) is 0.600. The molecule has 0 radical (unpaired) electrons. The Morgan fingerprint density at radius 2 is 1.89 bits per heavy atom. The summed E-state index contributed by atoms with van der Waals surface area (Å²) in [6, 6.07) is 6.08. The average molecular weight is 266 g/mol. The van der Waals surface area contributed by atoms with Crippen molar-refractivity contribution in [1.82, 2.24) is 5.32 Å². The molecule has 1 aliphatic heterocycles. The molecular weight excluding hydrogens is 243 g/mol. The van der Waals surface area contributed by atoms with Gasteiger partial charge in [-0.25, -0.2) is 4.39 Å². The molecule has 1 aromatic carbocycles. The van der Waals surface area contributed by atoms with Crippen molar-refractivity contribution in [3.05, 3.63) is 29.6 Å². The minimum Gasteiger partial charge on any atom is -0.378 e. The second-order valence-electron chi connectivity index (χ2n) is 5.35. The average Bonchev–Trinajstić information content (AvgIpc) is 2.38. The molecule has 106 valence electrons. The van der Waals surface area contributed by atoms with Crippen molar-refractivity contribution in [3.8, 4) is 0 Å². The summed E-state index contributed by atoms with van der Waals surface area (Å²) in [4.78, 5) is 2.04. The van der Waals surface area contributed by atoms with Crippen LogP contribution in [0.25, 0.3) is 0 Å². The maximum Gasteiger partial charge on any atom is 0.146 e. The van der Waals surface area contributed by atoms with E-state index in [0.717, 1.165) is 18.7 Å². The van der Waals surface area contributed by atoms with Crippen LogP contribution in [-0.4, -0.2) is 32.3 Å². The number of hydrogen-bond donors (Lipinski definition) is 1. The normalized spacial score (nSPS) is 17.8. The van der Waals surface area contributed by atoms with Crippen molar-refractivity contribution in [2.45, 2.75) is 32.9 Å². The number of morpholine rings is 1. The zero-order valence-electron chi connectivity index (χ0n) is 11.9. The first-order chi connectivity index (χ1) is 9.08. The summed E-state index contributed by atoms with van der Waals surface area (Å²) < 4.78 is 19.5. The van der Waals surface area contributed by atoms with Gasteiger partial charge in [-0.3, -0.25) is 0 Å². The first-order valence-electron chi connectivity index (χ1n) is 6.96. The van der Waals surface area contributed by atoms with E-state index in [1.54, 1.807) is 6.07 Å². The van der Waals surface area contributed by atoms with Crippen LogP contribution in [0.1, 0.15) is 32.4 Å². The molecule has 0 bridgehead atoms. The molecule has 0 aromatic heterocycles. The zero-order chi connectivity index (χ0) is 13.8. The highest BCUT2D eigenvalue weighted by atomic mass is 19.1. The summed E-state index contributed by atoms with van der Waals surface area (Å²) in [6.07, 6.45) is 0. The Hall–Kier alpha value is -1.13. The molecule has 0 aliphatic carbocycles. The fourth-order valence-electron chi connectivity index (χ4n) is 2.45. The van der Waals surface area contributed by atoms with Crippen LogP contribution in [0.5, 0.6) is 0 Å². The van der Waals surface area contributed by atoms with Crippen LogP contribution < -0.4 is 10.2 Å². The highest BCUT2D eigenvalue weighted by molar-refractivity contribution is 5.49. The summed E-state index contributed by atoms with van der Waals surface area (Å²) in [5.74, 6) is -0.142. The summed E-state index contributed by atoms with van der Waals surface area (Å²) in [6.45, 7) is 9.11. The van der Waals surface area contributed by atoms with Gasteiger partial charge in [-0.15, -0.1) is 0 Å². The smallest absolute Gasteiger partial charge is 0.146 e. The maximum absolute atomic E-state index is 14.2. The first kappa shape index (κ1) is 14.3. The maximum atomic E-state index is 14.2. The minimum atomic E-state index is -0.142. The number of benzene rings is 1. The Morgan fingerprint density at radius 3 is 2.47 bits per heavy atom. The van der Waals surface area contributed by atoms with E-state index in [9.17, 15) is 4.39 Å². The summed E-state index contributed by atoms with van der Waals surface area (Å²) in [7, 11) is 0. The molecule has 2 rings (SSSR count). The van der Waals surface area contributed by atoms with Gasteiger partial charge in [0.25, 0.3) is 0 Å². The molecule has 1 fully saturated rings. The van der Waals surface area contributed by atoms with Gasteiger partial charge in [0.2, 0.25) is 0 Å². The van der Waals surface area contributed by atoms with E-state index in [1.807, 2.05) is 17.0 Å². The van der Waals surface area contributed by atoms with Gasteiger partial charge < -0.3 is 15.0 Å². The Kier molecular flexibility index (Phi) is 4.77. The third kappa shape index (κ3) is 3.67. The van der Waals surface area contributed by atoms with Crippen LogP contribution in [0.15, 0.2) is 18.2 Å². The highest BCUT2D eigenvalue weighted by Gasteiger charge is 2.16. The van der Waals surface area contributed by atoms with E-state index in [2.05, 4.69) is 26.1 Å². The van der Waals surface area contributed by atoms with Gasteiger partial charge in [0.15, 0.2) is 0 Å². The number of anilines is 1. The van der Waals surface area contributed by atoms with Gasteiger partial charge >= 0.3 is 0 Å². The van der Waals surface area contributed by atoms with Crippen molar-refractivity contribution in [2.75, 3.05) is 31.2 Å². The van der Waals surface area contributed by atoms with E-state index in [1.165, 1.54) is 0 Å². The van der Waals surface area contributed by atoms with Gasteiger partial charge in [-0.05, 0) is 24.6 Å². The topological polar surface area (TPSA) is 24.5 Å². The van der Waals surface area contributed by atoms with E-state index in [4.69, 9.17) is 4.74 Å². The monoisotopic (exact) mass is 266 g/mol. The van der Waals surface area contributed by atoms with Crippen LogP contribution in [0.3, 0.4) is 0 Å². The number of ether oxygens (including phenoxy) is 1. The highest BCUT2D eigenvalue weighted by Crippen LogP contribution is 2.24. The molecule has 1 heterocycles. The lowest BCUT2D eigenvalue weighted by Crippen LogP contribution is -2.36. The quantitative estimate of drug-likeness (QED) is 0.907. The lowest BCUT2D eigenvalue weighted by atomic mass is 10.1. The molecule has 19 heavy (non-hydrogen) atoms. The van der Waals surface area contributed by atoms with Gasteiger partial charge in [-0.1, -0.05) is 19.9 Å². The van der Waals surface area contributed by atoms with Gasteiger partial charge in [0.05, 0.1) is 18.9 Å². The van der Waals surface area contributed by atoms with Crippen LogP contribution in [0.4, 0.5) is 10.1 Å². The van der Waals surface area contributed by atoms with Gasteiger partial charge in [0, 0.05) is 25.2 Å². The number of rotatable bonds is 4. The second kappa shape index (κ2) is 6.35. The molecule has 0 saturated carbocycles. The van der Waals surface area contributed by atoms with Crippen molar-refractivity contribution in [1.29, 1.82) is 0 Å². The largest absolute Gasteiger partial charge is 0.378 e. The number of halogens is 1. The summed E-state index contributed by atoms with van der Waals surface area (Å²) >= 11 is 0. The molecule has 0 amide bonds. The SMILES string of the molecule is CC(C)N[C@H](C)c1ccc(N2CCOCC2)c(F)c1. The Balaban J connectivity index is 2.12. The van der Waals surface area contributed by atoms with Crippen molar-refractivity contribution in [2.24, 2.45) is 0 Å². The van der Waals surface area contributed by atoms with E-state index >= 15 is 0 Å². The predicted octanol–water partition coefficient (Wildman–Crippen LogP) is 2.72. The van der Waals surface area contributed by atoms with Gasteiger partial charge in [-0.2, -0.15) is 0 Å². The molecule has 3 nitrogen and oxygen atoms in total. The van der Waals surface area contributed by atoms with Crippen molar-refractivity contribution < 1.29 is 9.13 Å². The van der Waals surface area contributed by atoms with Crippen LogP contribution in [0, 0.1) is 5.82 Å². The molecule has 1 saturated heterocycles. The molecular formula is C15H23FN2O. The summed E-state index contributed by atoms with van der Waals surface area (Å²) in [5, 5.41) is 3.38. The fourth-order valence-corrected chi connectivity index (χ4v) is 2.45. The molecule has 1 aromatic rings. The lowest BCUT2D eigenvalue weighted by Gasteiger charge is -2.29. The van der Waals surface area contributed by atoms with Crippen molar-refractivity contribution in [3.63, 3.8) is 0 Å². The zero-order valence-corrected chi connectivity index (χ0v) is 11.9. The predicted molar refractivity (Wildman–Crippen MR) is 76.1 cm³/mol. The van der Waals surface area contributed by atoms with Crippen LogP contribution in [-0.2, 0) is 4.74 Å². The molecule has 1 atom stereocenters. The third-order valence-electron chi connectivity index (χ3n) is 3.41. The molecule has 0 spiro atoms. The van der Waals surface area contributed by atoms with E-state index in [0.29, 0.717) is 24.9 Å². The first-order valence-corrected chi connectivity index (χ1v) is 6.96. The molecule has 4 heteroatoms. The lowest BCUT2D eigenvalue weighted by molar-refractivity contribution is 0.122. The number of hydrogen-bond acceptors (Lipinski definition) is 3. The van der Waals surface area contributed by atoms with Crippen molar-refractivity contribution >= 4 is 5.69 Å². The number of nitrogens with zero attached hydrogens (tertiary/aromatic N) is 1. The second-order valence-corrected chi connectivity index (χ2v) is 5.35. The Bertz CT molecular complexity index is 417. The van der Waals surface area contributed by atoms with Crippen LogP contribution in [0.2, 0.25) is 0 Å². The summed E-state index contributed by atoms with van der Waals surface area (Å²) in [5.41, 5.74) is 1.67. The van der Waals surface area contributed by atoms with Crippen LogP contribution >= 0.6 is 0 Å². The van der Waals surface area contributed by atoms with Gasteiger partial charge in [0.1, 0.15) is 5.82 Å². The number of nitrogens with one attached hydrogen (secondary N) is 1. The van der Waals surface area contributed by atoms with E-state index in [-0.39, 0.29) is 11.9 Å². The standard InChI is InChI=1S/C15H23FN2O/c1-11(2)17-12(3)13-4-5-15(14(16)10-13)18-6-8-19-9-7-18/h4-5,10-12,17H,6-9H2,1-3H3/t12-/m1/s1. The Labute approximate surface area is 114 Å². The van der Waals surface area contributed by atoms with E-state index < -0.39 is 0 Å². The molecule has 0 unspecified atom stereocenters. The molecule has 1 aliphatic rings. The minimum absolute atomic E-state index is 0.142. The Morgan fingerprint density at radius 1 is 1.21 bits per heavy atom.